The molecule has 1 aromatic heterocycles. The van der Waals surface area contributed by atoms with Crippen molar-refractivity contribution in [3.05, 3.63) is 96.1 Å². The predicted octanol–water partition coefficient (Wildman–Crippen LogP) is 4.27. The van der Waals surface area contributed by atoms with Gasteiger partial charge in [0.05, 0.1) is 4.90 Å². The number of hydrogen-bond acceptors (Lipinski definition) is 6. The molecule has 0 aliphatic carbocycles. The van der Waals surface area contributed by atoms with Crippen LogP contribution in [-0.4, -0.2) is 35.8 Å². The molecule has 0 spiro atoms. The molecule has 1 N–H and O–H groups in total. The Bertz CT molecular complexity index is 1390. The van der Waals surface area contributed by atoms with Crippen LogP contribution in [0.3, 0.4) is 0 Å². The van der Waals surface area contributed by atoms with Crippen LogP contribution in [0.25, 0.3) is 11.4 Å². The van der Waals surface area contributed by atoms with Gasteiger partial charge >= 0.3 is 0 Å². The highest BCUT2D eigenvalue weighted by atomic mass is 32.2. The number of halogens is 1. The minimum absolute atomic E-state index is 0.0882. The molecule has 1 amide bonds. The topological polar surface area (TPSA) is 105 Å². The number of anilines is 1. The van der Waals surface area contributed by atoms with Crippen LogP contribution in [0.5, 0.6) is 0 Å². The van der Waals surface area contributed by atoms with E-state index in [4.69, 9.17) is 4.52 Å². The summed E-state index contributed by atoms with van der Waals surface area (Å²) in [6.45, 7) is 0.250. The van der Waals surface area contributed by atoms with Gasteiger partial charge in [-0.3, -0.25) is 4.79 Å². The van der Waals surface area contributed by atoms with Crippen molar-refractivity contribution in [2.45, 2.75) is 24.3 Å². The molecular formula is C25H23FN4O4S. The Morgan fingerprint density at radius 1 is 1.00 bits per heavy atom. The summed E-state index contributed by atoms with van der Waals surface area (Å²) in [5.74, 6) is -0.0564. The number of aromatic nitrogens is 2. The van der Waals surface area contributed by atoms with Crippen molar-refractivity contribution in [2.75, 3.05) is 12.4 Å². The van der Waals surface area contributed by atoms with E-state index in [1.54, 1.807) is 24.3 Å². The normalized spacial score (nSPS) is 11.5. The molecule has 0 bridgehead atoms. The summed E-state index contributed by atoms with van der Waals surface area (Å²) in [6, 6.07) is 21.0. The Labute approximate surface area is 202 Å². The summed E-state index contributed by atoms with van der Waals surface area (Å²) in [4.78, 5) is 16.7. The average molecular weight is 495 g/mol. The molecule has 35 heavy (non-hydrogen) atoms. The maximum absolute atomic E-state index is 13.1. The zero-order chi connectivity index (χ0) is 24.8. The standard InChI is InChI=1S/C25H23FN4O4S/c1-30(17-18-5-3-2-4-6-18)35(32,33)22-13-11-21(12-14-22)27-23(31)15-16-24-28-25(29-34-24)19-7-9-20(26)10-8-19/h2-14H,15-17H2,1H3,(H,27,31). The number of benzene rings is 3. The second kappa shape index (κ2) is 10.6. The summed E-state index contributed by atoms with van der Waals surface area (Å²) in [5.41, 5.74) is 1.96. The zero-order valence-corrected chi connectivity index (χ0v) is 19.7. The van der Waals surface area contributed by atoms with Gasteiger partial charge in [0.2, 0.25) is 27.6 Å². The molecule has 0 saturated heterocycles. The van der Waals surface area contributed by atoms with Gasteiger partial charge in [-0.2, -0.15) is 9.29 Å². The molecule has 180 valence electrons. The first kappa shape index (κ1) is 24.2. The molecule has 0 radical (unpaired) electrons. The number of amides is 1. The van der Waals surface area contributed by atoms with Crippen LogP contribution in [0.4, 0.5) is 10.1 Å². The number of nitrogens with zero attached hydrogens (tertiary/aromatic N) is 3. The quantitative estimate of drug-likeness (QED) is 0.373. The number of hydrogen-bond donors (Lipinski definition) is 1. The monoisotopic (exact) mass is 494 g/mol. The molecule has 4 aromatic rings. The fourth-order valence-corrected chi connectivity index (χ4v) is 4.49. The van der Waals surface area contributed by atoms with Crippen LogP contribution < -0.4 is 5.32 Å². The van der Waals surface area contributed by atoms with Crippen LogP contribution in [0.1, 0.15) is 17.9 Å². The molecule has 0 fully saturated rings. The first-order chi connectivity index (χ1) is 16.8. The van der Waals surface area contributed by atoms with E-state index in [1.807, 2.05) is 30.3 Å². The Hall–Kier alpha value is -3.89. The van der Waals surface area contributed by atoms with Gasteiger partial charge in [-0.05, 0) is 54.1 Å². The molecule has 0 aliphatic rings. The van der Waals surface area contributed by atoms with Crippen molar-refractivity contribution in [3.8, 4) is 11.4 Å². The van der Waals surface area contributed by atoms with E-state index < -0.39 is 10.0 Å². The number of nitrogens with one attached hydrogen (secondary N) is 1. The maximum Gasteiger partial charge on any atom is 0.243 e. The van der Waals surface area contributed by atoms with E-state index in [9.17, 15) is 17.6 Å². The highest BCUT2D eigenvalue weighted by Gasteiger charge is 2.21. The second-order valence-corrected chi connectivity index (χ2v) is 9.88. The van der Waals surface area contributed by atoms with Gasteiger partial charge in [-0.25, -0.2) is 12.8 Å². The average Bonchev–Trinajstić information content (AvgIpc) is 3.33. The second-order valence-electron chi connectivity index (χ2n) is 7.84. The Morgan fingerprint density at radius 3 is 2.37 bits per heavy atom. The highest BCUT2D eigenvalue weighted by molar-refractivity contribution is 7.89. The van der Waals surface area contributed by atoms with Crippen LogP contribution in [0, 0.1) is 5.82 Å². The predicted molar refractivity (Wildman–Crippen MR) is 128 cm³/mol. The molecule has 1 heterocycles. The summed E-state index contributed by atoms with van der Waals surface area (Å²) in [5, 5.41) is 6.58. The van der Waals surface area contributed by atoms with Crippen LogP contribution in [0.2, 0.25) is 0 Å². The van der Waals surface area contributed by atoms with Crippen molar-refractivity contribution in [2.24, 2.45) is 0 Å². The van der Waals surface area contributed by atoms with Gasteiger partial charge < -0.3 is 9.84 Å². The molecule has 4 rings (SSSR count). The van der Waals surface area contributed by atoms with Crippen molar-refractivity contribution >= 4 is 21.6 Å². The lowest BCUT2D eigenvalue weighted by molar-refractivity contribution is -0.116. The van der Waals surface area contributed by atoms with Crippen molar-refractivity contribution in [3.63, 3.8) is 0 Å². The van der Waals surface area contributed by atoms with E-state index in [0.29, 0.717) is 17.1 Å². The van der Waals surface area contributed by atoms with Crippen molar-refractivity contribution < 1.29 is 22.1 Å². The Morgan fingerprint density at radius 2 is 1.69 bits per heavy atom. The highest BCUT2D eigenvalue weighted by Crippen LogP contribution is 2.20. The van der Waals surface area contributed by atoms with Crippen LogP contribution in [0.15, 0.2) is 88.3 Å². The Kier molecular flexibility index (Phi) is 7.33. The SMILES string of the molecule is CN(Cc1ccccc1)S(=O)(=O)c1ccc(NC(=O)CCc2nc(-c3ccc(F)cc3)no2)cc1. The smallest absolute Gasteiger partial charge is 0.243 e. The molecule has 0 atom stereocenters. The zero-order valence-electron chi connectivity index (χ0n) is 18.9. The third-order valence-electron chi connectivity index (χ3n) is 5.23. The van der Waals surface area contributed by atoms with E-state index in [0.717, 1.165) is 5.56 Å². The third-order valence-corrected chi connectivity index (χ3v) is 7.05. The molecule has 0 unspecified atom stereocenters. The minimum atomic E-state index is -3.68. The fraction of sp³-hybridized carbons (Fsp3) is 0.160. The van der Waals surface area contributed by atoms with Crippen LogP contribution >= 0.6 is 0 Å². The first-order valence-electron chi connectivity index (χ1n) is 10.8. The summed E-state index contributed by atoms with van der Waals surface area (Å²) in [6.07, 6.45) is 0.307. The van der Waals surface area contributed by atoms with Crippen molar-refractivity contribution in [1.29, 1.82) is 0 Å². The molecule has 0 saturated carbocycles. The van der Waals surface area contributed by atoms with Gasteiger partial charge in [0, 0.05) is 37.7 Å². The number of sulfonamides is 1. The summed E-state index contributed by atoms with van der Waals surface area (Å²) in [7, 11) is -2.15. The minimum Gasteiger partial charge on any atom is -0.339 e. The largest absolute Gasteiger partial charge is 0.339 e. The van der Waals surface area contributed by atoms with Crippen molar-refractivity contribution in [1.82, 2.24) is 14.4 Å². The van der Waals surface area contributed by atoms with E-state index in [1.165, 1.54) is 35.6 Å². The first-order valence-corrected chi connectivity index (χ1v) is 12.2. The fourth-order valence-electron chi connectivity index (χ4n) is 3.33. The van der Waals surface area contributed by atoms with Gasteiger partial charge in [0.1, 0.15) is 5.82 Å². The molecule has 0 aliphatic heterocycles. The summed E-state index contributed by atoms with van der Waals surface area (Å²) >= 11 is 0. The molecule has 3 aromatic carbocycles. The van der Waals surface area contributed by atoms with E-state index in [-0.39, 0.29) is 41.9 Å². The molecule has 8 nitrogen and oxygen atoms in total. The Balaban J connectivity index is 1.31. The third kappa shape index (κ3) is 6.17. The number of carbonyl (C=O) groups excluding carboxylic acids is 1. The number of rotatable bonds is 9. The lowest BCUT2D eigenvalue weighted by atomic mass is 10.2. The summed E-state index contributed by atoms with van der Waals surface area (Å²) < 4.78 is 45.2. The maximum atomic E-state index is 13.1. The van der Waals surface area contributed by atoms with Gasteiger partial charge in [-0.1, -0.05) is 35.5 Å². The molecular weight excluding hydrogens is 471 g/mol. The van der Waals surface area contributed by atoms with Crippen LogP contribution in [-0.2, 0) is 27.8 Å². The van der Waals surface area contributed by atoms with Gasteiger partial charge in [0.25, 0.3) is 0 Å². The number of aryl methyl sites for hydroxylation is 1. The van der Waals surface area contributed by atoms with Gasteiger partial charge in [0.15, 0.2) is 0 Å². The lowest BCUT2D eigenvalue weighted by Crippen LogP contribution is -2.26. The van der Waals surface area contributed by atoms with E-state index in [2.05, 4.69) is 15.5 Å². The van der Waals surface area contributed by atoms with Gasteiger partial charge in [-0.15, -0.1) is 0 Å². The number of carbonyl (C=O) groups is 1. The lowest BCUT2D eigenvalue weighted by Gasteiger charge is -2.17. The van der Waals surface area contributed by atoms with E-state index >= 15 is 0 Å². The molecule has 10 heteroatoms.